The molecule has 4 heteroatoms. The van der Waals surface area contributed by atoms with E-state index in [-0.39, 0.29) is 11.8 Å². The number of hydrogen-bond donors (Lipinski definition) is 2. The molecule has 0 amide bonds. The first-order chi connectivity index (χ1) is 15.5. The Morgan fingerprint density at radius 1 is 0.500 bits per heavy atom. The molecule has 0 fully saturated rings. The molecule has 4 aromatic rings. The van der Waals surface area contributed by atoms with Crippen LogP contribution in [0.4, 0.5) is 34.1 Å². The minimum Gasteiger partial charge on any atom is -0.399 e. The summed E-state index contributed by atoms with van der Waals surface area (Å²) < 4.78 is 0. The zero-order valence-electron chi connectivity index (χ0n) is 18.3. The summed E-state index contributed by atoms with van der Waals surface area (Å²) >= 11 is 0. The standard InChI is InChI=1S/C28H26N4/c1-31-23-9-5-3-7-19(23)27(21-13-11-17(29)15-25(21)31)28-20-8-4-6-10-24(20)32(2)26-16-18(30)12-14-22(26)28/h3-16,27-28H,29-30H2,1-2H3. The van der Waals surface area contributed by atoms with Gasteiger partial charge in [0.2, 0.25) is 0 Å². The number of nitrogens with zero attached hydrogens (tertiary/aromatic N) is 2. The van der Waals surface area contributed by atoms with E-state index in [1.54, 1.807) is 0 Å². The van der Waals surface area contributed by atoms with Crippen LogP contribution in [0.3, 0.4) is 0 Å². The molecule has 2 aliphatic rings. The Morgan fingerprint density at radius 2 is 0.875 bits per heavy atom. The van der Waals surface area contributed by atoms with Crippen LogP contribution < -0.4 is 21.3 Å². The third kappa shape index (κ3) is 2.56. The molecule has 0 aromatic heterocycles. The first-order valence-corrected chi connectivity index (χ1v) is 11.0. The third-order valence-electron chi connectivity index (χ3n) is 7.10. The quantitative estimate of drug-likeness (QED) is 0.374. The van der Waals surface area contributed by atoms with E-state index in [0.717, 1.165) is 11.4 Å². The highest BCUT2D eigenvalue weighted by Gasteiger charge is 2.40. The lowest BCUT2D eigenvalue weighted by Crippen LogP contribution is -2.29. The molecule has 0 spiro atoms. The minimum atomic E-state index is 0.162. The average molecular weight is 419 g/mol. The van der Waals surface area contributed by atoms with Crippen molar-refractivity contribution in [3.05, 3.63) is 107 Å². The summed E-state index contributed by atoms with van der Waals surface area (Å²) in [6, 6.07) is 30.1. The maximum atomic E-state index is 6.23. The number of benzene rings is 4. The molecule has 0 radical (unpaired) electrons. The zero-order valence-corrected chi connectivity index (χ0v) is 18.3. The van der Waals surface area contributed by atoms with Crippen LogP contribution in [0.5, 0.6) is 0 Å². The zero-order chi connectivity index (χ0) is 22.0. The summed E-state index contributed by atoms with van der Waals surface area (Å²) in [5.41, 5.74) is 24.1. The van der Waals surface area contributed by atoms with Gasteiger partial charge in [-0.1, -0.05) is 48.5 Å². The molecule has 0 saturated carbocycles. The molecule has 0 saturated heterocycles. The summed E-state index contributed by atoms with van der Waals surface area (Å²) in [6.45, 7) is 0. The van der Waals surface area contributed by atoms with Gasteiger partial charge < -0.3 is 21.3 Å². The van der Waals surface area contributed by atoms with Crippen molar-refractivity contribution in [2.45, 2.75) is 11.8 Å². The van der Waals surface area contributed by atoms with E-state index < -0.39 is 0 Å². The molecular weight excluding hydrogens is 392 g/mol. The molecule has 0 aliphatic carbocycles. The molecule has 2 unspecified atom stereocenters. The van der Waals surface area contributed by atoms with E-state index in [4.69, 9.17) is 11.5 Å². The van der Waals surface area contributed by atoms with Crippen molar-refractivity contribution in [1.82, 2.24) is 0 Å². The van der Waals surface area contributed by atoms with Crippen molar-refractivity contribution >= 4 is 34.1 Å². The van der Waals surface area contributed by atoms with E-state index in [0.29, 0.717) is 0 Å². The lowest BCUT2D eigenvalue weighted by Gasteiger charge is -2.43. The van der Waals surface area contributed by atoms with Gasteiger partial charge in [0.05, 0.1) is 0 Å². The summed E-state index contributed by atoms with van der Waals surface area (Å²) in [6.07, 6.45) is 0. The van der Waals surface area contributed by atoms with Crippen LogP contribution in [0, 0.1) is 0 Å². The van der Waals surface area contributed by atoms with Gasteiger partial charge in [0.1, 0.15) is 0 Å². The molecule has 4 aromatic carbocycles. The van der Waals surface area contributed by atoms with E-state index in [2.05, 4.69) is 96.7 Å². The highest BCUT2D eigenvalue weighted by atomic mass is 15.1. The van der Waals surface area contributed by atoms with E-state index in [1.807, 2.05) is 12.1 Å². The van der Waals surface area contributed by atoms with Crippen LogP contribution >= 0.6 is 0 Å². The van der Waals surface area contributed by atoms with Crippen molar-refractivity contribution in [2.24, 2.45) is 0 Å². The molecule has 4 N–H and O–H groups in total. The van der Waals surface area contributed by atoms with Crippen molar-refractivity contribution in [2.75, 3.05) is 35.4 Å². The molecule has 2 atom stereocenters. The third-order valence-corrected chi connectivity index (χ3v) is 7.10. The van der Waals surface area contributed by atoms with Crippen molar-refractivity contribution < 1.29 is 0 Å². The monoisotopic (exact) mass is 418 g/mol. The Kier molecular flexibility index (Phi) is 3.99. The Hall–Kier alpha value is -3.92. The normalized spacial score (nSPS) is 18.4. The number of para-hydroxylation sites is 2. The lowest BCUT2D eigenvalue weighted by atomic mass is 9.69. The number of anilines is 6. The topological polar surface area (TPSA) is 58.5 Å². The summed E-state index contributed by atoms with van der Waals surface area (Å²) in [5, 5.41) is 0. The van der Waals surface area contributed by atoms with Gasteiger partial charge in [0.15, 0.2) is 0 Å². The van der Waals surface area contributed by atoms with Gasteiger partial charge in [-0.3, -0.25) is 0 Å². The second kappa shape index (κ2) is 6.79. The number of fused-ring (bicyclic) bond motifs is 4. The Morgan fingerprint density at radius 3 is 1.31 bits per heavy atom. The predicted molar refractivity (Wildman–Crippen MR) is 134 cm³/mol. The van der Waals surface area contributed by atoms with E-state index >= 15 is 0 Å². The Bertz CT molecular complexity index is 1250. The van der Waals surface area contributed by atoms with Crippen molar-refractivity contribution in [3.63, 3.8) is 0 Å². The first-order valence-electron chi connectivity index (χ1n) is 11.0. The highest BCUT2D eigenvalue weighted by Crippen LogP contribution is 2.57. The van der Waals surface area contributed by atoms with Gasteiger partial charge in [0.25, 0.3) is 0 Å². The summed E-state index contributed by atoms with van der Waals surface area (Å²) in [4.78, 5) is 4.53. The number of hydrogen-bond acceptors (Lipinski definition) is 4. The van der Waals surface area contributed by atoms with Gasteiger partial charge in [-0.25, -0.2) is 0 Å². The Balaban J connectivity index is 1.68. The SMILES string of the molecule is CN1c2ccccc2C(C2c3ccccc3N(C)c3cc(N)ccc32)c2ccc(N)cc21. The van der Waals surface area contributed by atoms with Crippen LogP contribution in [-0.4, -0.2) is 14.1 Å². The molecule has 32 heavy (non-hydrogen) atoms. The van der Waals surface area contributed by atoms with Gasteiger partial charge >= 0.3 is 0 Å². The van der Waals surface area contributed by atoms with Gasteiger partial charge in [-0.2, -0.15) is 0 Å². The maximum absolute atomic E-state index is 6.23. The molecular formula is C28H26N4. The average Bonchev–Trinajstić information content (AvgIpc) is 2.81. The van der Waals surface area contributed by atoms with E-state index in [9.17, 15) is 0 Å². The second-order valence-corrected chi connectivity index (χ2v) is 8.83. The molecule has 2 heterocycles. The number of nitrogens with two attached hydrogens (primary N) is 2. The fourth-order valence-electron chi connectivity index (χ4n) is 5.65. The van der Waals surface area contributed by atoms with Crippen LogP contribution in [0.2, 0.25) is 0 Å². The van der Waals surface area contributed by atoms with Gasteiger partial charge in [-0.15, -0.1) is 0 Å². The summed E-state index contributed by atoms with van der Waals surface area (Å²) in [7, 11) is 4.26. The molecule has 6 rings (SSSR count). The van der Waals surface area contributed by atoms with Crippen molar-refractivity contribution in [1.29, 1.82) is 0 Å². The largest absolute Gasteiger partial charge is 0.399 e. The Labute approximate surface area is 188 Å². The van der Waals surface area contributed by atoms with Crippen LogP contribution in [0.1, 0.15) is 34.1 Å². The lowest BCUT2D eigenvalue weighted by molar-refractivity contribution is 0.675. The molecule has 4 nitrogen and oxygen atoms in total. The van der Waals surface area contributed by atoms with Gasteiger partial charge in [0, 0.05) is 60.1 Å². The van der Waals surface area contributed by atoms with E-state index in [1.165, 1.54) is 45.0 Å². The van der Waals surface area contributed by atoms with Crippen LogP contribution in [0.15, 0.2) is 84.9 Å². The van der Waals surface area contributed by atoms with Gasteiger partial charge in [-0.05, 0) is 58.7 Å². The molecule has 0 bridgehead atoms. The fourth-order valence-corrected chi connectivity index (χ4v) is 5.65. The van der Waals surface area contributed by atoms with Crippen LogP contribution in [0.25, 0.3) is 0 Å². The molecule has 2 aliphatic heterocycles. The smallest absolute Gasteiger partial charge is 0.0468 e. The number of nitrogen functional groups attached to an aromatic ring is 2. The van der Waals surface area contributed by atoms with Crippen LogP contribution in [-0.2, 0) is 0 Å². The predicted octanol–water partition coefficient (Wildman–Crippen LogP) is 5.98. The second-order valence-electron chi connectivity index (χ2n) is 8.83. The van der Waals surface area contributed by atoms with Crippen molar-refractivity contribution in [3.8, 4) is 0 Å². The highest BCUT2D eigenvalue weighted by molar-refractivity contribution is 5.83. The fraction of sp³-hybridized carbons (Fsp3) is 0.143. The first kappa shape index (κ1) is 18.8. The summed E-state index contributed by atoms with van der Waals surface area (Å²) in [5.74, 6) is 0.324. The maximum Gasteiger partial charge on any atom is 0.0468 e. The minimum absolute atomic E-state index is 0.162. The molecule has 158 valence electrons. The number of rotatable bonds is 1.